The van der Waals surface area contributed by atoms with E-state index in [1.54, 1.807) is 30.3 Å². The summed E-state index contributed by atoms with van der Waals surface area (Å²) in [6.07, 6.45) is 1.30. The molecule has 0 atom stereocenters. The van der Waals surface area contributed by atoms with Gasteiger partial charge < -0.3 is 15.2 Å². The highest BCUT2D eigenvalue weighted by Crippen LogP contribution is 2.32. The van der Waals surface area contributed by atoms with Gasteiger partial charge in [-0.25, -0.2) is 9.18 Å². The lowest BCUT2D eigenvalue weighted by atomic mass is 10.1. The van der Waals surface area contributed by atoms with Crippen LogP contribution >= 0.6 is 11.6 Å². The second kappa shape index (κ2) is 9.24. The maximum atomic E-state index is 13.3. The maximum absolute atomic E-state index is 13.3. The first-order valence-corrected chi connectivity index (χ1v) is 9.26. The van der Waals surface area contributed by atoms with Crippen molar-refractivity contribution in [1.82, 2.24) is 5.32 Å². The van der Waals surface area contributed by atoms with Crippen molar-refractivity contribution in [3.8, 4) is 11.5 Å². The van der Waals surface area contributed by atoms with Crippen LogP contribution in [-0.2, 0) is 4.79 Å². The van der Waals surface area contributed by atoms with E-state index < -0.39 is 17.7 Å². The number of aliphatic carboxylic acids is 1. The maximum Gasteiger partial charge on any atom is 0.352 e. The number of halogens is 2. The molecule has 0 aliphatic rings. The smallest absolute Gasteiger partial charge is 0.352 e. The van der Waals surface area contributed by atoms with Crippen molar-refractivity contribution in [2.75, 3.05) is 0 Å². The first kappa shape index (κ1) is 21.1. The molecule has 7 heteroatoms. The Labute approximate surface area is 177 Å². The van der Waals surface area contributed by atoms with Crippen LogP contribution < -0.4 is 10.1 Å². The van der Waals surface area contributed by atoms with Crippen molar-refractivity contribution in [2.45, 2.75) is 6.92 Å². The Morgan fingerprint density at radius 3 is 2.40 bits per heavy atom. The summed E-state index contributed by atoms with van der Waals surface area (Å²) in [5.74, 6) is -1.59. The molecule has 30 heavy (non-hydrogen) atoms. The van der Waals surface area contributed by atoms with Gasteiger partial charge in [-0.1, -0.05) is 41.9 Å². The number of rotatable bonds is 6. The molecule has 0 heterocycles. The Bertz CT molecular complexity index is 1110. The monoisotopic (exact) mass is 425 g/mol. The minimum Gasteiger partial charge on any atom is -0.477 e. The van der Waals surface area contributed by atoms with Crippen LogP contribution in [0.1, 0.15) is 21.5 Å². The molecule has 2 N–H and O–H groups in total. The van der Waals surface area contributed by atoms with Gasteiger partial charge in [-0.3, -0.25) is 4.79 Å². The van der Waals surface area contributed by atoms with Gasteiger partial charge in [-0.05, 0) is 60.5 Å². The molecule has 0 saturated carbocycles. The highest BCUT2D eigenvalue weighted by molar-refractivity contribution is 6.32. The molecule has 152 valence electrons. The zero-order valence-electron chi connectivity index (χ0n) is 15.9. The Morgan fingerprint density at radius 2 is 1.77 bits per heavy atom. The molecule has 0 aliphatic carbocycles. The van der Waals surface area contributed by atoms with E-state index in [0.717, 1.165) is 11.6 Å². The van der Waals surface area contributed by atoms with E-state index in [2.05, 4.69) is 5.32 Å². The number of nitrogens with one attached hydrogen (secondary N) is 1. The number of carboxylic acids is 1. The molecule has 3 aromatic carbocycles. The Hall–Kier alpha value is -3.64. The summed E-state index contributed by atoms with van der Waals surface area (Å²) in [5.41, 5.74) is 1.07. The molecule has 0 bridgehead atoms. The molecule has 3 rings (SSSR count). The lowest BCUT2D eigenvalue weighted by Crippen LogP contribution is -2.27. The lowest BCUT2D eigenvalue weighted by molar-refractivity contribution is -0.132. The normalized spacial score (nSPS) is 11.1. The first-order chi connectivity index (χ1) is 14.3. The van der Waals surface area contributed by atoms with Crippen molar-refractivity contribution in [3.05, 3.63) is 100.0 Å². The van der Waals surface area contributed by atoms with Crippen LogP contribution in [0.3, 0.4) is 0 Å². The fourth-order valence-corrected chi connectivity index (χ4v) is 2.90. The van der Waals surface area contributed by atoms with Crippen LogP contribution in [0.5, 0.6) is 11.5 Å². The summed E-state index contributed by atoms with van der Waals surface area (Å²) >= 11 is 6.16. The second-order valence-corrected chi connectivity index (χ2v) is 6.79. The zero-order chi connectivity index (χ0) is 21.7. The van der Waals surface area contributed by atoms with E-state index >= 15 is 0 Å². The number of carboxylic acid groups (broad SMARTS) is 1. The quantitative estimate of drug-likeness (QED) is 0.516. The number of hydrogen-bond acceptors (Lipinski definition) is 3. The standard InChI is InChI=1S/C23H17ClFNO4/c1-14-4-2-7-19(24)21(14)30-18-10-8-15(9-11-18)12-20(23(28)29)26-22(27)16-5-3-6-17(25)13-16/h2-13H,1H3,(H,26,27)(H,28,29). The SMILES string of the molecule is Cc1cccc(Cl)c1Oc1ccc(C=C(NC(=O)c2cccc(F)c2)C(=O)O)cc1. The molecular formula is C23H17ClFNO4. The highest BCUT2D eigenvalue weighted by Gasteiger charge is 2.14. The number of aryl methyl sites for hydroxylation is 1. The predicted octanol–water partition coefficient (Wildman–Crippen LogP) is 5.44. The van der Waals surface area contributed by atoms with Gasteiger partial charge in [0, 0.05) is 5.56 Å². The molecule has 0 spiro atoms. The van der Waals surface area contributed by atoms with Crippen molar-refractivity contribution in [2.24, 2.45) is 0 Å². The molecule has 0 radical (unpaired) electrons. The third kappa shape index (κ3) is 5.24. The predicted molar refractivity (Wildman–Crippen MR) is 112 cm³/mol. The van der Waals surface area contributed by atoms with Gasteiger partial charge in [0.15, 0.2) is 0 Å². The van der Waals surface area contributed by atoms with Crippen molar-refractivity contribution >= 4 is 29.6 Å². The Kier molecular flexibility index (Phi) is 6.49. The summed E-state index contributed by atoms with van der Waals surface area (Å²) in [5, 5.41) is 12.2. The minimum absolute atomic E-state index is 0.0148. The van der Waals surface area contributed by atoms with Crippen molar-refractivity contribution < 1.29 is 23.8 Å². The molecule has 0 fully saturated rings. The van der Waals surface area contributed by atoms with Crippen LogP contribution in [0, 0.1) is 12.7 Å². The third-order valence-electron chi connectivity index (χ3n) is 4.14. The topological polar surface area (TPSA) is 75.6 Å². The van der Waals surface area contributed by atoms with E-state index in [1.807, 2.05) is 19.1 Å². The van der Waals surface area contributed by atoms with Crippen LogP contribution in [0.15, 0.2) is 72.4 Å². The molecule has 0 unspecified atom stereocenters. The first-order valence-electron chi connectivity index (χ1n) is 8.88. The van der Waals surface area contributed by atoms with Crippen molar-refractivity contribution in [1.29, 1.82) is 0 Å². The van der Waals surface area contributed by atoms with Crippen molar-refractivity contribution in [3.63, 3.8) is 0 Å². The Morgan fingerprint density at radius 1 is 1.07 bits per heavy atom. The molecule has 0 aliphatic heterocycles. The molecule has 5 nitrogen and oxygen atoms in total. The number of para-hydroxylation sites is 1. The van der Waals surface area contributed by atoms with Gasteiger partial charge in [0.1, 0.15) is 23.0 Å². The fraction of sp³-hybridized carbons (Fsp3) is 0.0435. The van der Waals surface area contributed by atoms with Gasteiger partial charge in [0.05, 0.1) is 5.02 Å². The number of amides is 1. The van der Waals surface area contributed by atoms with E-state index in [-0.39, 0.29) is 11.3 Å². The third-order valence-corrected chi connectivity index (χ3v) is 4.44. The highest BCUT2D eigenvalue weighted by atomic mass is 35.5. The average Bonchev–Trinajstić information content (AvgIpc) is 2.71. The molecule has 0 saturated heterocycles. The summed E-state index contributed by atoms with van der Waals surface area (Å²) in [6, 6.07) is 17.0. The number of carbonyl (C=O) groups excluding carboxylic acids is 1. The average molecular weight is 426 g/mol. The van der Waals surface area contributed by atoms with E-state index in [9.17, 15) is 19.1 Å². The van der Waals surface area contributed by atoms with Crippen LogP contribution in [-0.4, -0.2) is 17.0 Å². The van der Waals surface area contributed by atoms with Crippen LogP contribution in [0.4, 0.5) is 4.39 Å². The summed E-state index contributed by atoms with van der Waals surface area (Å²) in [4.78, 5) is 23.7. The minimum atomic E-state index is -1.33. The summed E-state index contributed by atoms with van der Waals surface area (Å²) in [6.45, 7) is 1.87. The Balaban J connectivity index is 1.78. The lowest BCUT2D eigenvalue weighted by Gasteiger charge is -2.11. The summed E-state index contributed by atoms with van der Waals surface area (Å²) in [7, 11) is 0. The van der Waals surface area contributed by atoms with Crippen LogP contribution in [0.25, 0.3) is 6.08 Å². The fourth-order valence-electron chi connectivity index (χ4n) is 2.64. The van der Waals surface area contributed by atoms with Crippen LogP contribution in [0.2, 0.25) is 5.02 Å². The van der Waals surface area contributed by atoms with E-state index in [1.165, 1.54) is 24.3 Å². The summed E-state index contributed by atoms with van der Waals surface area (Å²) < 4.78 is 19.1. The number of hydrogen-bond donors (Lipinski definition) is 2. The second-order valence-electron chi connectivity index (χ2n) is 6.38. The molecule has 3 aromatic rings. The zero-order valence-corrected chi connectivity index (χ0v) is 16.6. The van der Waals surface area contributed by atoms with Gasteiger partial charge >= 0.3 is 5.97 Å². The number of benzene rings is 3. The van der Waals surface area contributed by atoms with E-state index in [0.29, 0.717) is 22.1 Å². The number of ether oxygens (including phenoxy) is 1. The largest absolute Gasteiger partial charge is 0.477 e. The molecular weight excluding hydrogens is 409 g/mol. The van der Waals surface area contributed by atoms with Gasteiger partial charge in [0.25, 0.3) is 5.91 Å². The van der Waals surface area contributed by atoms with Gasteiger partial charge in [-0.2, -0.15) is 0 Å². The molecule has 0 aromatic heterocycles. The molecule has 1 amide bonds. The van der Waals surface area contributed by atoms with E-state index in [4.69, 9.17) is 16.3 Å². The van der Waals surface area contributed by atoms with Gasteiger partial charge in [-0.15, -0.1) is 0 Å². The van der Waals surface area contributed by atoms with Gasteiger partial charge in [0.2, 0.25) is 0 Å². The number of carbonyl (C=O) groups is 2.